The Balaban J connectivity index is 0.00000288. The molecule has 1 aromatic heterocycles. The number of aromatic nitrogens is 3. The number of aryl methyl sites for hydroxylation is 1. The first-order chi connectivity index (χ1) is 11.2. The predicted octanol–water partition coefficient (Wildman–Crippen LogP) is 1.17. The van der Waals surface area contributed by atoms with Gasteiger partial charge < -0.3 is 15.0 Å². The van der Waals surface area contributed by atoms with Crippen LogP contribution in [-0.2, 0) is 23.1 Å². The summed E-state index contributed by atoms with van der Waals surface area (Å²) in [6.07, 6.45) is 3.35. The van der Waals surface area contributed by atoms with Gasteiger partial charge in [-0.3, -0.25) is 9.48 Å². The summed E-state index contributed by atoms with van der Waals surface area (Å²) in [5.41, 5.74) is 0. The number of carbonyl (C=O) groups excluding carboxylic acids is 1. The number of nitrogens with zero attached hydrogens (tertiary/aromatic N) is 5. The minimum atomic E-state index is -0.110. The van der Waals surface area contributed by atoms with Crippen molar-refractivity contribution in [1.82, 2.24) is 25.0 Å². The molecule has 0 saturated carbocycles. The second kappa shape index (κ2) is 10.5. The summed E-state index contributed by atoms with van der Waals surface area (Å²) in [6.45, 7) is 7.06. The number of rotatable bonds is 5. The molecule has 9 heteroatoms. The van der Waals surface area contributed by atoms with Gasteiger partial charge in [-0.25, -0.2) is 9.98 Å². The first-order valence-corrected chi connectivity index (χ1v) is 8.18. The van der Waals surface area contributed by atoms with Crippen LogP contribution in [0.15, 0.2) is 11.3 Å². The first kappa shape index (κ1) is 20.7. The zero-order chi connectivity index (χ0) is 16.7. The van der Waals surface area contributed by atoms with Crippen LogP contribution in [0.5, 0.6) is 0 Å². The van der Waals surface area contributed by atoms with Crippen LogP contribution in [0.1, 0.15) is 32.5 Å². The van der Waals surface area contributed by atoms with E-state index < -0.39 is 0 Å². The lowest BCUT2D eigenvalue weighted by Gasteiger charge is -2.34. The predicted molar refractivity (Wildman–Crippen MR) is 102 cm³/mol. The summed E-state index contributed by atoms with van der Waals surface area (Å²) in [5.74, 6) is 1.42. The highest BCUT2D eigenvalue weighted by molar-refractivity contribution is 14.0. The molecule has 0 aromatic carbocycles. The summed E-state index contributed by atoms with van der Waals surface area (Å²) in [7, 11) is 1.85. The molecule has 0 radical (unpaired) electrons. The highest BCUT2D eigenvalue weighted by Crippen LogP contribution is 2.18. The van der Waals surface area contributed by atoms with Crippen molar-refractivity contribution >= 4 is 35.9 Å². The molecule has 0 spiro atoms. The summed E-state index contributed by atoms with van der Waals surface area (Å²) < 4.78 is 6.87. The lowest BCUT2D eigenvalue weighted by molar-refractivity contribution is -0.149. The van der Waals surface area contributed by atoms with E-state index in [0.717, 1.165) is 37.7 Å². The fourth-order valence-electron chi connectivity index (χ4n) is 2.66. The van der Waals surface area contributed by atoms with Crippen molar-refractivity contribution in [3.05, 3.63) is 12.2 Å². The number of nitrogens with one attached hydrogen (secondary N) is 1. The number of hydrogen-bond acceptors (Lipinski definition) is 5. The van der Waals surface area contributed by atoms with Gasteiger partial charge in [-0.1, -0.05) is 0 Å². The molecule has 1 unspecified atom stereocenters. The van der Waals surface area contributed by atoms with E-state index in [9.17, 15) is 4.79 Å². The van der Waals surface area contributed by atoms with Crippen LogP contribution in [0.2, 0.25) is 0 Å². The fraction of sp³-hybridized carbons (Fsp3) is 0.733. The van der Waals surface area contributed by atoms with Crippen molar-refractivity contribution in [2.24, 2.45) is 18.0 Å². The van der Waals surface area contributed by atoms with Gasteiger partial charge in [-0.2, -0.15) is 5.10 Å². The number of halogens is 1. The Labute approximate surface area is 160 Å². The maximum atomic E-state index is 12.0. The quantitative estimate of drug-likeness (QED) is 0.314. The molecule has 1 N–H and O–H groups in total. The molecule has 136 valence electrons. The number of likely N-dealkylation sites (tertiary alicyclic amines) is 1. The van der Waals surface area contributed by atoms with Crippen LogP contribution in [0.3, 0.4) is 0 Å². The van der Waals surface area contributed by atoms with E-state index in [-0.39, 0.29) is 35.9 Å². The molecule has 1 aliphatic rings. The van der Waals surface area contributed by atoms with Crippen molar-refractivity contribution < 1.29 is 9.53 Å². The average Bonchev–Trinajstić information content (AvgIpc) is 2.97. The maximum Gasteiger partial charge on any atom is 0.310 e. The number of piperidine rings is 1. The van der Waals surface area contributed by atoms with E-state index in [2.05, 4.69) is 25.3 Å². The third-order valence-electron chi connectivity index (χ3n) is 3.85. The van der Waals surface area contributed by atoms with E-state index in [1.807, 2.05) is 20.9 Å². The van der Waals surface area contributed by atoms with E-state index in [0.29, 0.717) is 19.7 Å². The number of guanidine groups is 1. The SMILES string of the molecule is CCNC(=NCc1ncnn1C)N1CCCC(C(=O)OCC)C1.I. The van der Waals surface area contributed by atoms with Gasteiger partial charge >= 0.3 is 5.97 Å². The Morgan fingerprint density at radius 3 is 2.92 bits per heavy atom. The molecular weight excluding hydrogens is 423 g/mol. The molecule has 2 rings (SSSR count). The zero-order valence-electron chi connectivity index (χ0n) is 14.6. The summed E-state index contributed by atoms with van der Waals surface area (Å²) in [6, 6.07) is 0. The van der Waals surface area contributed by atoms with Gasteiger partial charge in [0.1, 0.15) is 18.7 Å². The van der Waals surface area contributed by atoms with Crippen molar-refractivity contribution in [3.63, 3.8) is 0 Å². The third-order valence-corrected chi connectivity index (χ3v) is 3.85. The van der Waals surface area contributed by atoms with Gasteiger partial charge in [0.15, 0.2) is 5.96 Å². The first-order valence-electron chi connectivity index (χ1n) is 8.18. The van der Waals surface area contributed by atoms with E-state index in [1.165, 1.54) is 6.33 Å². The zero-order valence-corrected chi connectivity index (χ0v) is 16.9. The summed E-state index contributed by atoms with van der Waals surface area (Å²) in [5, 5.41) is 7.34. The molecule has 1 fully saturated rings. The Bertz CT molecular complexity index is 548. The Morgan fingerprint density at radius 1 is 1.50 bits per heavy atom. The number of ether oxygens (including phenoxy) is 1. The molecular formula is C15H27IN6O2. The fourth-order valence-corrected chi connectivity index (χ4v) is 2.66. The largest absolute Gasteiger partial charge is 0.466 e. The van der Waals surface area contributed by atoms with Crippen molar-refractivity contribution in [1.29, 1.82) is 0 Å². The molecule has 1 aliphatic heterocycles. The summed E-state index contributed by atoms with van der Waals surface area (Å²) in [4.78, 5) is 22.9. The van der Waals surface area contributed by atoms with Crippen LogP contribution < -0.4 is 5.32 Å². The third kappa shape index (κ3) is 5.60. The topological polar surface area (TPSA) is 84.6 Å². The smallest absolute Gasteiger partial charge is 0.310 e. The Morgan fingerprint density at radius 2 is 2.29 bits per heavy atom. The van der Waals surface area contributed by atoms with E-state index >= 15 is 0 Å². The van der Waals surface area contributed by atoms with Gasteiger partial charge in [-0.05, 0) is 26.7 Å². The number of aliphatic imine (C=N–C) groups is 1. The number of carbonyl (C=O) groups is 1. The molecule has 8 nitrogen and oxygen atoms in total. The molecule has 24 heavy (non-hydrogen) atoms. The lowest BCUT2D eigenvalue weighted by atomic mass is 9.98. The van der Waals surface area contributed by atoms with Crippen LogP contribution in [0.4, 0.5) is 0 Å². The second-order valence-electron chi connectivity index (χ2n) is 5.51. The van der Waals surface area contributed by atoms with Gasteiger partial charge in [0.2, 0.25) is 0 Å². The Kier molecular flexibility index (Phi) is 9.01. The molecule has 1 saturated heterocycles. The van der Waals surface area contributed by atoms with Gasteiger partial charge in [0, 0.05) is 26.7 Å². The highest BCUT2D eigenvalue weighted by atomic mass is 127. The molecule has 0 bridgehead atoms. The average molecular weight is 450 g/mol. The van der Waals surface area contributed by atoms with E-state index in [1.54, 1.807) is 4.68 Å². The van der Waals surface area contributed by atoms with Crippen molar-refractivity contribution in [3.8, 4) is 0 Å². The van der Waals surface area contributed by atoms with Crippen LogP contribution >= 0.6 is 24.0 Å². The lowest BCUT2D eigenvalue weighted by Crippen LogP contribution is -2.48. The van der Waals surface area contributed by atoms with Crippen LogP contribution in [0, 0.1) is 5.92 Å². The minimum absolute atomic E-state index is 0. The molecule has 1 aromatic rings. The normalized spacial score (nSPS) is 18.0. The monoisotopic (exact) mass is 450 g/mol. The Hall–Kier alpha value is -1.39. The van der Waals surface area contributed by atoms with Gasteiger partial charge in [0.25, 0.3) is 0 Å². The van der Waals surface area contributed by atoms with Crippen molar-refractivity contribution in [2.45, 2.75) is 33.2 Å². The summed E-state index contributed by atoms with van der Waals surface area (Å²) >= 11 is 0. The van der Waals surface area contributed by atoms with Gasteiger partial charge in [-0.15, -0.1) is 24.0 Å². The van der Waals surface area contributed by atoms with Crippen LogP contribution in [0.25, 0.3) is 0 Å². The second-order valence-corrected chi connectivity index (χ2v) is 5.51. The minimum Gasteiger partial charge on any atom is -0.466 e. The standard InChI is InChI=1S/C15H26N6O2.HI/c1-4-16-15(17-9-13-18-11-19-20(13)3)21-8-6-7-12(10-21)14(22)23-5-2;/h11-12H,4-10H2,1-3H3,(H,16,17);1H. The van der Waals surface area contributed by atoms with E-state index in [4.69, 9.17) is 4.74 Å². The molecule has 2 heterocycles. The molecule has 0 aliphatic carbocycles. The maximum absolute atomic E-state index is 12.0. The molecule has 1 atom stereocenters. The highest BCUT2D eigenvalue weighted by Gasteiger charge is 2.28. The number of hydrogen-bond donors (Lipinski definition) is 1. The number of esters is 1. The molecule has 0 amide bonds. The van der Waals surface area contributed by atoms with Crippen molar-refractivity contribution in [2.75, 3.05) is 26.2 Å². The van der Waals surface area contributed by atoms with Crippen LogP contribution in [-0.4, -0.2) is 57.8 Å². The van der Waals surface area contributed by atoms with Gasteiger partial charge in [0.05, 0.1) is 12.5 Å².